The predicted molar refractivity (Wildman–Crippen MR) is 112 cm³/mol. The van der Waals surface area contributed by atoms with Crippen molar-refractivity contribution in [3.8, 4) is 11.4 Å². The van der Waals surface area contributed by atoms with Crippen LogP contribution >= 0.6 is 0 Å². The summed E-state index contributed by atoms with van der Waals surface area (Å²) in [4.78, 5) is 1.55. The van der Waals surface area contributed by atoms with E-state index in [1.54, 1.807) is 4.80 Å². The summed E-state index contributed by atoms with van der Waals surface area (Å²) in [5.41, 5.74) is 4.81. The summed E-state index contributed by atoms with van der Waals surface area (Å²) in [5, 5.41) is 19.6. The van der Waals surface area contributed by atoms with Crippen LogP contribution in [0.15, 0.2) is 36.4 Å². The largest absolute Gasteiger partial charge is 0.506 e. The first-order chi connectivity index (χ1) is 13.2. The molecule has 0 amide bonds. The monoisotopic (exact) mass is 365 g/mol. The fourth-order valence-electron chi connectivity index (χ4n) is 3.52. The van der Waals surface area contributed by atoms with E-state index >= 15 is 0 Å². The third kappa shape index (κ3) is 5.09. The highest BCUT2D eigenvalue weighted by molar-refractivity contribution is 5.74. The summed E-state index contributed by atoms with van der Waals surface area (Å²) in [6, 6.07) is 12.1. The van der Waals surface area contributed by atoms with Gasteiger partial charge in [0.25, 0.3) is 0 Å². The van der Waals surface area contributed by atoms with Crippen molar-refractivity contribution in [2.24, 2.45) is 0 Å². The molecular weight excluding hydrogens is 334 g/mol. The number of rotatable bonds is 10. The third-order valence-corrected chi connectivity index (χ3v) is 5.06. The number of hydrogen-bond donors (Lipinski definition) is 1. The van der Waals surface area contributed by atoms with E-state index in [0.717, 1.165) is 30.3 Å². The van der Waals surface area contributed by atoms with Gasteiger partial charge in [-0.25, -0.2) is 0 Å². The zero-order chi connectivity index (χ0) is 19.1. The number of hydrogen-bond acceptors (Lipinski definition) is 3. The lowest BCUT2D eigenvalue weighted by atomic mass is 10.0. The standard InChI is InChI=1S/C23H31N3O/c1-3-5-6-7-8-9-11-19-13-15-22(23(27)17-19)26-24-20-14-12-18(10-4-2)16-21(20)25-26/h12-17,27H,3-11H2,1-2H3. The summed E-state index contributed by atoms with van der Waals surface area (Å²) in [6.45, 7) is 4.41. The Labute approximate surface area is 162 Å². The fraction of sp³-hybridized carbons (Fsp3) is 0.478. The van der Waals surface area contributed by atoms with Crippen molar-refractivity contribution >= 4 is 11.0 Å². The quantitative estimate of drug-likeness (QED) is 0.450. The Balaban J connectivity index is 1.67. The summed E-state index contributed by atoms with van der Waals surface area (Å²) in [6.07, 6.45) is 10.9. The Morgan fingerprint density at radius 2 is 1.44 bits per heavy atom. The average molecular weight is 366 g/mol. The Hall–Kier alpha value is -2.36. The molecule has 0 radical (unpaired) electrons. The van der Waals surface area contributed by atoms with Gasteiger partial charge in [0.1, 0.15) is 22.5 Å². The molecule has 2 aromatic carbocycles. The number of benzene rings is 2. The van der Waals surface area contributed by atoms with Crippen molar-refractivity contribution in [3.63, 3.8) is 0 Å². The molecule has 4 nitrogen and oxygen atoms in total. The van der Waals surface area contributed by atoms with Crippen LogP contribution in [-0.2, 0) is 12.8 Å². The number of aryl methyl sites for hydroxylation is 2. The van der Waals surface area contributed by atoms with Gasteiger partial charge in [-0.2, -0.15) is 0 Å². The van der Waals surface area contributed by atoms with Crippen LogP contribution in [0.2, 0.25) is 0 Å². The third-order valence-electron chi connectivity index (χ3n) is 5.06. The molecule has 1 aromatic heterocycles. The minimum absolute atomic E-state index is 0.243. The molecule has 0 fully saturated rings. The first-order valence-electron chi connectivity index (χ1n) is 10.4. The summed E-state index contributed by atoms with van der Waals surface area (Å²) in [5.74, 6) is 0.243. The molecule has 0 saturated heterocycles. The van der Waals surface area contributed by atoms with Crippen molar-refractivity contribution in [2.45, 2.75) is 71.6 Å². The van der Waals surface area contributed by atoms with Crippen molar-refractivity contribution in [1.29, 1.82) is 0 Å². The van der Waals surface area contributed by atoms with Gasteiger partial charge in [0.2, 0.25) is 0 Å². The molecule has 3 rings (SSSR count). The summed E-state index contributed by atoms with van der Waals surface area (Å²) in [7, 11) is 0. The molecule has 1 N–H and O–H groups in total. The lowest BCUT2D eigenvalue weighted by Crippen LogP contribution is -1.99. The van der Waals surface area contributed by atoms with Crippen LogP contribution in [0.5, 0.6) is 5.75 Å². The maximum absolute atomic E-state index is 10.5. The number of nitrogens with zero attached hydrogens (tertiary/aromatic N) is 3. The second-order valence-corrected chi connectivity index (χ2v) is 7.40. The Morgan fingerprint density at radius 3 is 2.22 bits per heavy atom. The second-order valence-electron chi connectivity index (χ2n) is 7.40. The van der Waals surface area contributed by atoms with E-state index in [2.05, 4.69) is 42.2 Å². The van der Waals surface area contributed by atoms with Crippen LogP contribution in [0, 0.1) is 0 Å². The van der Waals surface area contributed by atoms with Crippen LogP contribution in [0.3, 0.4) is 0 Å². The van der Waals surface area contributed by atoms with Crippen LogP contribution in [0.25, 0.3) is 16.7 Å². The van der Waals surface area contributed by atoms with Gasteiger partial charge >= 0.3 is 0 Å². The van der Waals surface area contributed by atoms with E-state index in [0.29, 0.717) is 5.69 Å². The smallest absolute Gasteiger partial charge is 0.143 e. The molecule has 0 atom stereocenters. The lowest BCUT2D eigenvalue weighted by Gasteiger charge is -2.06. The topological polar surface area (TPSA) is 50.9 Å². The first-order valence-corrected chi connectivity index (χ1v) is 10.4. The van der Waals surface area contributed by atoms with E-state index in [1.165, 1.54) is 49.7 Å². The molecule has 0 spiro atoms. The Bertz CT molecular complexity index is 869. The maximum atomic E-state index is 10.5. The zero-order valence-electron chi connectivity index (χ0n) is 16.6. The van der Waals surface area contributed by atoms with Crippen molar-refractivity contribution in [1.82, 2.24) is 15.0 Å². The van der Waals surface area contributed by atoms with Crippen molar-refractivity contribution < 1.29 is 5.11 Å². The molecule has 1 heterocycles. The van der Waals surface area contributed by atoms with Gasteiger partial charge in [0, 0.05) is 0 Å². The molecule has 144 valence electrons. The van der Waals surface area contributed by atoms with Gasteiger partial charge in [-0.05, 0) is 54.7 Å². The molecule has 0 aliphatic heterocycles. The van der Waals surface area contributed by atoms with E-state index in [9.17, 15) is 5.11 Å². The van der Waals surface area contributed by atoms with Crippen molar-refractivity contribution in [2.75, 3.05) is 0 Å². The predicted octanol–water partition coefficient (Wildman–Crippen LogP) is 5.98. The van der Waals surface area contributed by atoms with Crippen LogP contribution in [0.1, 0.15) is 69.9 Å². The zero-order valence-corrected chi connectivity index (χ0v) is 16.6. The number of fused-ring (bicyclic) bond motifs is 1. The maximum Gasteiger partial charge on any atom is 0.143 e. The van der Waals surface area contributed by atoms with Gasteiger partial charge < -0.3 is 5.11 Å². The second kappa shape index (κ2) is 9.54. The van der Waals surface area contributed by atoms with E-state index in [4.69, 9.17) is 0 Å². The molecule has 0 saturated carbocycles. The molecule has 0 aliphatic rings. The molecule has 4 heteroatoms. The van der Waals surface area contributed by atoms with Gasteiger partial charge in [0.05, 0.1) is 0 Å². The van der Waals surface area contributed by atoms with Gasteiger partial charge in [-0.1, -0.05) is 64.5 Å². The van der Waals surface area contributed by atoms with Gasteiger partial charge in [-0.15, -0.1) is 15.0 Å². The number of aromatic hydroxyl groups is 1. The van der Waals surface area contributed by atoms with Crippen molar-refractivity contribution in [3.05, 3.63) is 47.5 Å². The fourth-order valence-corrected chi connectivity index (χ4v) is 3.52. The summed E-state index contributed by atoms with van der Waals surface area (Å²) >= 11 is 0. The normalized spacial score (nSPS) is 11.3. The Kier molecular flexibility index (Phi) is 6.86. The number of aromatic nitrogens is 3. The minimum Gasteiger partial charge on any atom is -0.506 e. The molecule has 0 unspecified atom stereocenters. The molecule has 27 heavy (non-hydrogen) atoms. The lowest BCUT2D eigenvalue weighted by molar-refractivity contribution is 0.466. The molecule has 0 aliphatic carbocycles. The molecule has 0 bridgehead atoms. The molecular formula is C23H31N3O. The van der Waals surface area contributed by atoms with Gasteiger partial charge in [-0.3, -0.25) is 0 Å². The van der Waals surface area contributed by atoms with E-state index in [1.807, 2.05) is 18.2 Å². The van der Waals surface area contributed by atoms with E-state index in [-0.39, 0.29) is 5.75 Å². The summed E-state index contributed by atoms with van der Waals surface area (Å²) < 4.78 is 0. The SMILES string of the molecule is CCCCCCCCc1ccc(-n2nc3ccc(CCC)cc3n2)c(O)c1. The highest BCUT2D eigenvalue weighted by atomic mass is 16.3. The highest BCUT2D eigenvalue weighted by Gasteiger charge is 2.10. The molecule has 3 aromatic rings. The minimum atomic E-state index is 0.243. The first kappa shape index (κ1) is 19.4. The number of phenolic OH excluding ortho intramolecular Hbond substituents is 1. The highest BCUT2D eigenvalue weighted by Crippen LogP contribution is 2.24. The van der Waals surface area contributed by atoms with Crippen LogP contribution in [-0.4, -0.2) is 20.1 Å². The number of unbranched alkanes of at least 4 members (excludes halogenated alkanes) is 5. The number of phenols is 1. The van der Waals surface area contributed by atoms with Crippen LogP contribution < -0.4 is 0 Å². The van der Waals surface area contributed by atoms with Crippen LogP contribution in [0.4, 0.5) is 0 Å². The van der Waals surface area contributed by atoms with Gasteiger partial charge in [0.15, 0.2) is 0 Å². The average Bonchev–Trinajstić information content (AvgIpc) is 3.08. The van der Waals surface area contributed by atoms with E-state index < -0.39 is 0 Å². The Morgan fingerprint density at radius 1 is 0.741 bits per heavy atom.